The molecule has 4 nitrogen and oxygen atoms in total. The molecule has 0 aliphatic rings. The summed E-state index contributed by atoms with van der Waals surface area (Å²) in [5, 5.41) is 3.05. The third-order valence-electron chi connectivity index (χ3n) is 1.97. The van der Waals surface area contributed by atoms with Crippen molar-refractivity contribution in [3.05, 3.63) is 41.8 Å². The number of aromatic nitrogens is 2. The Morgan fingerprint density at radius 1 is 1.11 bits per heavy atom. The van der Waals surface area contributed by atoms with Crippen LogP contribution in [-0.4, -0.2) is 16.3 Å². The maximum absolute atomic E-state index is 12.0. The lowest BCUT2D eigenvalue weighted by Crippen LogP contribution is -2.16. The van der Waals surface area contributed by atoms with E-state index in [1.807, 2.05) is 0 Å². The highest BCUT2D eigenvalue weighted by Crippen LogP contribution is 2.24. The molecule has 0 saturated carbocycles. The quantitative estimate of drug-likeness (QED) is 0.934. The molecule has 1 N–H and O–H groups in total. The van der Waals surface area contributed by atoms with Crippen LogP contribution in [0.25, 0.3) is 0 Å². The Kier molecular flexibility index (Phi) is 3.75. The van der Waals surface area contributed by atoms with E-state index in [1.165, 1.54) is 36.7 Å². The lowest BCUT2D eigenvalue weighted by Gasteiger charge is -2.10. The van der Waals surface area contributed by atoms with Crippen molar-refractivity contribution >= 4 is 23.1 Å². The first-order valence-corrected chi connectivity index (χ1v) is 5.40. The number of benzene rings is 1. The zero-order valence-electron chi connectivity index (χ0n) is 9.28. The number of halogens is 4. The molecule has 19 heavy (non-hydrogen) atoms. The number of rotatable bonds is 3. The third-order valence-corrected chi connectivity index (χ3v) is 2.15. The van der Waals surface area contributed by atoms with Gasteiger partial charge in [0.15, 0.2) is 5.82 Å². The minimum absolute atomic E-state index is 0.210. The molecular weight excluding hydrogens is 283 g/mol. The maximum atomic E-state index is 12.0. The summed E-state index contributed by atoms with van der Waals surface area (Å²) < 4.78 is 39.6. The Labute approximate surface area is 111 Å². The van der Waals surface area contributed by atoms with E-state index in [-0.39, 0.29) is 10.9 Å². The molecule has 0 aliphatic carbocycles. The third kappa shape index (κ3) is 4.29. The van der Waals surface area contributed by atoms with Gasteiger partial charge in [-0.15, -0.1) is 13.2 Å². The summed E-state index contributed by atoms with van der Waals surface area (Å²) in [6.45, 7) is 0. The van der Waals surface area contributed by atoms with Crippen molar-refractivity contribution in [1.82, 2.24) is 9.97 Å². The number of anilines is 2. The molecule has 100 valence electrons. The molecule has 0 spiro atoms. The van der Waals surface area contributed by atoms with E-state index < -0.39 is 6.36 Å². The first kappa shape index (κ1) is 13.4. The van der Waals surface area contributed by atoms with Gasteiger partial charge in [0.2, 0.25) is 0 Å². The van der Waals surface area contributed by atoms with E-state index in [0.717, 1.165) is 0 Å². The number of ether oxygens (including phenoxy) is 1. The minimum atomic E-state index is -4.70. The van der Waals surface area contributed by atoms with Gasteiger partial charge in [0, 0.05) is 5.69 Å². The summed E-state index contributed by atoms with van der Waals surface area (Å²) >= 11 is 5.65. The normalized spacial score (nSPS) is 11.2. The predicted octanol–water partition coefficient (Wildman–Crippen LogP) is 3.77. The van der Waals surface area contributed by atoms with E-state index in [2.05, 4.69) is 20.0 Å². The zero-order chi connectivity index (χ0) is 13.9. The molecule has 2 aromatic rings. The Morgan fingerprint density at radius 2 is 1.79 bits per heavy atom. The Balaban J connectivity index is 2.07. The maximum Gasteiger partial charge on any atom is 0.573 e. The second-order valence-corrected chi connectivity index (χ2v) is 3.81. The van der Waals surface area contributed by atoms with E-state index in [0.29, 0.717) is 11.5 Å². The van der Waals surface area contributed by atoms with Crippen LogP contribution in [0.2, 0.25) is 5.15 Å². The minimum Gasteiger partial charge on any atom is -0.406 e. The van der Waals surface area contributed by atoms with Gasteiger partial charge in [0.1, 0.15) is 10.9 Å². The van der Waals surface area contributed by atoms with Gasteiger partial charge in [0.25, 0.3) is 0 Å². The largest absolute Gasteiger partial charge is 0.573 e. The fourth-order valence-corrected chi connectivity index (χ4v) is 1.44. The molecule has 0 radical (unpaired) electrons. The van der Waals surface area contributed by atoms with E-state index in [9.17, 15) is 13.2 Å². The van der Waals surface area contributed by atoms with Crippen molar-refractivity contribution in [3.8, 4) is 5.75 Å². The second kappa shape index (κ2) is 5.31. The second-order valence-electron chi connectivity index (χ2n) is 3.42. The molecule has 0 unspecified atom stereocenters. The van der Waals surface area contributed by atoms with Crippen LogP contribution in [0.5, 0.6) is 5.75 Å². The molecule has 0 aliphatic heterocycles. The van der Waals surface area contributed by atoms with Gasteiger partial charge in [-0.3, -0.25) is 4.98 Å². The molecule has 0 saturated heterocycles. The van der Waals surface area contributed by atoms with Crippen LogP contribution in [0, 0.1) is 0 Å². The zero-order valence-corrected chi connectivity index (χ0v) is 10.0. The number of nitrogens with zero attached hydrogens (tertiary/aromatic N) is 2. The predicted molar refractivity (Wildman–Crippen MR) is 63.4 cm³/mol. The monoisotopic (exact) mass is 289 g/mol. The Bertz CT molecular complexity index is 560. The fourth-order valence-electron chi connectivity index (χ4n) is 1.29. The van der Waals surface area contributed by atoms with E-state index in [4.69, 9.17) is 11.6 Å². The van der Waals surface area contributed by atoms with Gasteiger partial charge < -0.3 is 10.1 Å². The summed E-state index contributed by atoms with van der Waals surface area (Å²) in [6.07, 6.45) is -1.90. The summed E-state index contributed by atoms with van der Waals surface area (Å²) in [5.74, 6) is 0.0900. The number of hydrogen-bond acceptors (Lipinski definition) is 4. The summed E-state index contributed by atoms with van der Waals surface area (Å²) in [5.41, 5.74) is 0.533. The first-order valence-electron chi connectivity index (χ1n) is 5.03. The van der Waals surface area contributed by atoms with E-state index >= 15 is 0 Å². The molecule has 1 aromatic carbocycles. The highest BCUT2D eigenvalue weighted by atomic mass is 35.5. The lowest BCUT2D eigenvalue weighted by molar-refractivity contribution is -0.274. The summed E-state index contributed by atoms with van der Waals surface area (Å²) in [7, 11) is 0. The number of alkyl halides is 3. The van der Waals surface area contributed by atoms with Gasteiger partial charge in [-0.05, 0) is 24.3 Å². The van der Waals surface area contributed by atoms with Gasteiger partial charge in [-0.2, -0.15) is 0 Å². The van der Waals surface area contributed by atoms with Gasteiger partial charge in [-0.1, -0.05) is 11.6 Å². The van der Waals surface area contributed by atoms with Gasteiger partial charge in [-0.25, -0.2) is 4.98 Å². The van der Waals surface area contributed by atoms with Crippen molar-refractivity contribution in [2.24, 2.45) is 0 Å². The summed E-state index contributed by atoms with van der Waals surface area (Å²) in [4.78, 5) is 7.75. The van der Waals surface area contributed by atoms with Gasteiger partial charge >= 0.3 is 6.36 Å². The Morgan fingerprint density at radius 3 is 2.37 bits per heavy atom. The molecule has 2 rings (SSSR count). The average molecular weight is 290 g/mol. The molecule has 0 bridgehead atoms. The van der Waals surface area contributed by atoms with Crippen molar-refractivity contribution in [3.63, 3.8) is 0 Å². The molecule has 0 fully saturated rings. The SMILES string of the molecule is FC(F)(F)Oc1ccc(Nc2cncc(Cl)n2)cc1. The van der Waals surface area contributed by atoms with Crippen LogP contribution in [0.1, 0.15) is 0 Å². The molecule has 0 atom stereocenters. The molecule has 0 amide bonds. The fraction of sp³-hybridized carbons (Fsp3) is 0.0909. The highest BCUT2D eigenvalue weighted by molar-refractivity contribution is 6.29. The van der Waals surface area contributed by atoms with E-state index in [1.54, 1.807) is 0 Å². The number of nitrogens with one attached hydrogen (secondary N) is 1. The summed E-state index contributed by atoms with van der Waals surface area (Å²) in [6, 6.07) is 5.22. The molecule has 1 aromatic heterocycles. The van der Waals surface area contributed by atoms with Crippen molar-refractivity contribution in [2.45, 2.75) is 6.36 Å². The smallest absolute Gasteiger partial charge is 0.406 e. The topological polar surface area (TPSA) is 47.0 Å². The number of hydrogen-bond donors (Lipinski definition) is 1. The van der Waals surface area contributed by atoms with Gasteiger partial charge in [0.05, 0.1) is 12.4 Å². The standard InChI is InChI=1S/C11H7ClF3N3O/c12-9-5-16-6-10(18-9)17-7-1-3-8(4-2-7)19-11(13,14)15/h1-6H,(H,17,18). The van der Waals surface area contributed by atoms with Crippen LogP contribution < -0.4 is 10.1 Å². The average Bonchev–Trinajstić information content (AvgIpc) is 2.30. The highest BCUT2D eigenvalue weighted by Gasteiger charge is 2.30. The van der Waals surface area contributed by atoms with Crippen LogP contribution in [0.3, 0.4) is 0 Å². The molecular formula is C11H7ClF3N3O. The van der Waals surface area contributed by atoms with Crippen LogP contribution in [0.4, 0.5) is 24.7 Å². The molecule has 8 heteroatoms. The van der Waals surface area contributed by atoms with Crippen molar-refractivity contribution in [2.75, 3.05) is 5.32 Å². The van der Waals surface area contributed by atoms with Crippen molar-refractivity contribution in [1.29, 1.82) is 0 Å². The van der Waals surface area contributed by atoms with Crippen LogP contribution >= 0.6 is 11.6 Å². The van der Waals surface area contributed by atoms with Crippen LogP contribution in [0.15, 0.2) is 36.7 Å². The lowest BCUT2D eigenvalue weighted by atomic mass is 10.3. The molecule has 1 heterocycles. The Hall–Kier alpha value is -2.02. The first-order chi connectivity index (χ1) is 8.92. The van der Waals surface area contributed by atoms with Crippen molar-refractivity contribution < 1.29 is 17.9 Å². The van der Waals surface area contributed by atoms with Crippen LogP contribution in [-0.2, 0) is 0 Å².